The van der Waals surface area contributed by atoms with Crippen LogP contribution in [0.5, 0.6) is 0 Å². The van der Waals surface area contributed by atoms with Crippen molar-refractivity contribution in [3.05, 3.63) is 64.2 Å². The van der Waals surface area contributed by atoms with Crippen LogP contribution in [0.1, 0.15) is 109 Å². The third kappa shape index (κ3) is 15.7. The molecule has 0 spiro atoms. The van der Waals surface area contributed by atoms with Crippen molar-refractivity contribution in [2.24, 2.45) is 16.1 Å². The second-order valence-corrected chi connectivity index (χ2v) is 34.2. The van der Waals surface area contributed by atoms with Gasteiger partial charge in [0.05, 0.1) is 13.1 Å². The number of benzene rings is 2. The van der Waals surface area contributed by atoms with Crippen molar-refractivity contribution >= 4 is 57.3 Å². The van der Waals surface area contributed by atoms with E-state index in [1.54, 1.807) is 4.90 Å². The van der Waals surface area contributed by atoms with E-state index in [9.17, 15) is 19.2 Å². The molecule has 4 rings (SSSR count). The van der Waals surface area contributed by atoms with Crippen molar-refractivity contribution in [3.8, 4) is 0 Å². The third-order valence-corrected chi connectivity index (χ3v) is 14.9. The van der Waals surface area contributed by atoms with Gasteiger partial charge in [-0.25, -0.2) is 0 Å². The number of nitrogens with zero attached hydrogens (tertiary/aromatic N) is 4. The number of amidine groups is 2. The van der Waals surface area contributed by atoms with Crippen molar-refractivity contribution in [3.63, 3.8) is 0 Å². The van der Waals surface area contributed by atoms with Crippen LogP contribution in [-0.4, -0.2) is 107 Å². The number of esters is 3. The van der Waals surface area contributed by atoms with Crippen molar-refractivity contribution < 1.29 is 33.4 Å². The number of hydrogen-bond acceptors (Lipinski definition) is 13. The molecular formula is C44H66N6O7Sn. The van der Waals surface area contributed by atoms with E-state index in [1.165, 1.54) is 3.58 Å². The first-order chi connectivity index (χ1) is 26.7. The number of carbonyl (C=O) groups is 4. The second-order valence-electron chi connectivity index (χ2n) is 19.7. The number of hydrazone groups is 2. The summed E-state index contributed by atoms with van der Waals surface area (Å²) in [7, 11) is 0. The standard InChI is InChI=1S/C41H57N6O7.3CH3.Sn/c1-27-17-29(22-47(25-35(50)53-40(5,6)7)26-36(51)54-41(8,9)10)20-32(18-27)38-44-42-37(43-45-38)31-16-11-13-28(19-31)21-46(23-33(48)30-14-12-15-30)24-34(49)52-39(2,3)4;;;;/h13,16-20,30H,12,14-15,21-26H2,1-10H3,(H,42,43)(H,44,45);3*1H3;. The zero-order valence-corrected chi connectivity index (χ0v) is 39.9. The SMILES string of the molecule is Cc1cc(CN(CC(=O)OC(C)(C)C)CC(=O)OC(C)(C)C)cc(C2=NNC(c3cc(CN(CC(=O)OC(C)(C)C)CC(=O)C4CCC4)c[c]([Sn]([CH3])([CH3])[CH3])c3)=NN2)c1. The molecule has 1 heterocycles. The molecule has 0 unspecified atom stereocenters. The van der Waals surface area contributed by atoms with Gasteiger partial charge < -0.3 is 9.47 Å². The molecule has 1 fully saturated rings. The van der Waals surface area contributed by atoms with Gasteiger partial charge in [0.2, 0.25) is 0 Å². The molecule has 1 aliphatic heterocycles. The summed E-state index contributed by atoms with van der Waals surface area (Å²) < 4.78 is 18.1. The van der Waals surface area contributed by atoms with E-state index in [4.69, 9.17) is 24.4 Å². The van der Waals surface area contributed by atoms with Gasteiger partial charge in [-0.3, -0.25) is 9.59 Å². The molecule has 2 aliphatic rings. The Morgan fingerprint density at radius 1 is 0.638 bits per heavy atom. The molecule has 0 amide bonds. The minimum absolute atomic E-state index is 0.0146. The van der Waals surface area contributed by atoms with Crippen molar-refractivity contribution in [2.45, 2.75) is 133 Å². The first-order valence-corrected chi connectivity index (χ1v) is 30.3. The molecule has 0 atom stereocenters. The van der Waals surface area contributed by atoms with Crippen LogP contribution in [0.2, 0.25) is 14.8 Å². The Labute approximate surface area is 349 Å². The number of carbonyl (C=O) groups excluding carboxylic acids is 4. The Balaban J connectivity index is 1.56. The van der Waals surface area contributed by atoms with Crippen molar-refractivity contribution in [2.75, 3.05) is 26.2 Å². The van der Waals surface area contributed by atoms with Crippen LogP contribution in [0.3, 0.4) is 0 Å². The molecule has 58 heavy (non-hydrogen) atoms. The Hall–Kier alpha value is -3.82. The maximum atomic E-state index is 13.2. The van der Waals surface area contributed by atoms with Gasteiger partial charge in [-0.15, -0.1) is 0 Å². The predicted octanol–water partition coefficient (Wildman–Crippen LogP) is 5.75. The van der Waals surface area contributed by atoms with Gasteiger partial charge in [-0.2, -0.15) is 0 Å². The zero-order chi connectivity index (χ0) is 43.2. The van der Waals surface area contributed by atoms with Crippen molar-refractivity contribution in [1.82, 2.24) is 20.7 Å². The molecule has 0 bridgehead atoms. The average molecular weight is 910 g/mol. The summed E-state index contributed by atoms with van der Waals surface area (Å²) in [5.41, 5.74) is 8.76. The summed E-state index contributed by atoms with van der Waals surface area (Å²) in [5, 5.41) is 9.41. The fourth-order valence-corrected chi connectivity index (χ4v) is 10.0. The molecule has 0 aromatic heterocycles. The van der Waals surface area contributed by atoms with Crippen LogP contribution in [0.15, 0.2) is 46.6 Å². The van der Waals surface area contributed by atoms with Gasteiger partial charge >= 0.3 is 266 Å². The number of Topliss-reactive ketones (excluding diaryl/α,β-unsaturated/α-hetero) is 1. The van der Waals surface area contributed by atoms with Gasteiger partial charge in [-0.05, 0) is 41.5 Å². The van der Waals surface area contributed by atoms with E-state index in [2.05, 4.69) is 37.8 Å². The summed E-state index contributed by atoms with van der Waals surface area (Å²) in [6, 6.07) is 12.4. The summed E-state index contributed by atoms with van der Waals surface area (Å²) in [4.78, 5) is 62.6. The van der Waals surface area contributed by atoms with Crippen LogP contribution in [0.25, 0.3) is 0 Å². The average Bonchev–Trinajstić information content (AvgIpc) is 3.00. The fraction of sp³-hybridized carbons (Fsp3) is 0.591. The summed E-state index contributed by atoms with van der Waals surface area (Å²) >= 11 is -2.67. The zero-order valence-electron chi connectivity index (χ0n) is 37.1. The van der Waals surface area contributed by atoms with Crippen LogP contribution in [-0.2, 0) is 46.5 Å². The van der Waals surface area contributed by atoms with Crippen LogP contribution in [0, 0.1) is 12.8 Å². The third-order valence-electron chi connectivity index (χ3n) is 9.16. The van der Waals surface area contributed by atoms with E-state index in [-0.39, 0.29) is 50.4 Å². The van der Waals surface area contributed by atoms with Gasteiger partial charge in [0.15, 0.2) is 0 Å². The molecule has 13 nitrogen and oxygen atoms in total. The van der Waals surface area contributed by atoms with E-state index in [1.807, 2.05) is 98.4 Å². The number of rotatable bonds is 16. The minimum atomic E-state index is -2.67. The molecule has 2 N–H and O–H groups in total. The van der Waals surface area contributed by atoms with Crippen molar-refractivity contribution in [1.29, 1.82) is 0 Å². The van der Waals surface area contributed by atoms with Gasteiger partial charge in [-0.1, -0.05) is 0 Å². The molecule has 1 aliphatic carbocycles. The Kier molecular flexibility index (Phi) is 15.4. The Morgan fingerprint density at radius 2 is 1.05 bits per heavy atom. The molecule has 2 aromatic carbocycles. The summed E-state index contributed by atoms with van der Waals surface area (Å²) in [6.07, 6.45) is 2.88. The summed E-state index contributed by atoms with van der Waals surface area (Å²) in [5.74, 6) is 0.0456. The molecular weight excluding hydrogens is 843 g/mol. The van der Waals surface area contributed by atoms with Gasteiger partial charge in [0.25, 0.3) is 0 Å². The normalized spacial score (nSPS) is 15.2. The van der Waals surface area contributed by atoms with Crippen LogP contribution < -0.4 is 14.4 Å². The van der Waals surface area contributed by atoms with Gasteiger partial charge in [0.1, 0.15) is 11.2 Å². The second kappa shape index (κ2) is 19.1. The fourth-order valence-electron chi connectivity index (χ4n) is 6.57. The van der Waals surface area contributed by atoms with Crippen LogP contribution >= 0.6 is 0 Å². The topological polar surface area (TPSA) is 151 Å². The summed E-state index contributed by atoms with van der Waals surface area (Å²) in [6.45, 7) is 19.1. The molecule has 0 saturated heterocycles. The van der Waals surface area contributed by atoms with E-state index < -0.39 is 47.1 Å². The predicted molar refractivity (Wildman–Crippen MR) is 230 cm³/mol. The molecule has 14 heteroatoms. The molecule has 0 radical (unpaired) electrons. The maximum absolute atomic E-state index is 13.2. The first kappa shape index (κ1) is 46.9. The number of hydrogen-bond donors (Lipinski definition) is 2. The van der Waals surface area contributed by atoms with E-state index in [0.29, 0.717) is 18.2 Å². The van der Waals surface area contributed by atoms with E-state index >= 15 is 0 Å². The Morgan fingerprint density at radius 3 is 1.43 bits per heavy atom. The number of aryl methyl sites for hydroxylation is 1. The Bertz CT molecular complexity index is 1860. The number of ether oxygens (including phenoxy) is 3. The van der Waals surface area contributed by atoms with Crippen LogP contribution in [0.4, 0.5) is 0 Å². The molecule has 1 saturated carbocycles. The molecule has 2 aromatic rings. The van der Waals surface area contributed by atoms with Gasteiger partial charge in [0, 0.05) is 0 Å². The first-order valence-electron chi connectivity index (χ1n) is 20.3. The number of nitrogens with one attached hydrogen (secondary N) is 2. The number of ketones is 1. The molecule has 318 valence electrons. The quantitative estimate of drug-likeness (QED) is 0.120. The van der Waals surface area contributed by atoms with E-state index in [0.717, 1.165) is 47.1 Å². The monoisotopic (exact) mass is 910 g/mol.